The summed E-state index contributed by atoms with van der Waals surface area (Å²) in [6.07, 6.45) is 5.13. The minimum Gasteiger partial charge on any atom is -0.480 e. The molecule has 0 spiro atoms. The van der Waals surface area contributed by atoms with Gasteiger partial charge in [0.25, 0.3) is 0 Å². The molecule has 2 N–H and O–H groups in total. The number of benzene rings is 1. The summed E-state index contributed by atoms with van der Waals surface area (Å²) in [5.41, 5.74) is -0.0806. The molecule has 1 saturated carbocycles. The van der Waals surface area contributed by atoms with Crippen LogP contribution in [0.4, 0.5) is 0 Å². The van der Waals surface area contributed by atoms with E-state index in [2.05, 4.69) is 5.32 Å². The predicted molar refractivity (Wildman–Crippen MR) is 71.4 cm³/mol. The van der Waals surface area contributed by atoms with Crippen molar-refractivity contribution in [2.75, 3.05) is 0 Å². The van der Waals surface area contributed by atoms with Gasteiger partial charge in [-0.3, -0.25) is 5.32 Å². The summed E-state index contributed by atoms with van der Waals surface area (Å²) in [7, 11) is 0. The number of hydrogen-bond donors (Lipinski definition) is 2. The molecule has 0 aromatic heterocycles. The van der Waals surface area contributed by atoms with E-state index in [1.54, 1.807) is 0 Å². The SMILES string of the molecule is CCC(NC1CCCC1)(C(=O)O)c1ccccc1. The Morgan fingerprint density at radius 3 is 2.44 bits per heavy atom. The lowest BCUT2D eigenvalue weighted by Crippen LogP contribution is -2.52. The van der Waals surface area contributed by atoms with E-state index < -0.39 is 11.5 Å². The first kappa shape index (κ1) is 13.1. The Morgan fingerprint density at radius 1 is 1.33 bits per heavy atom. The molecule has 2 rings (SSSR count). The molecule has 1 atom stereocenters. The molecular weight excluding hydrogens is 226 g/mol. The molecule has 3 nitrogen and oxygen atoms in total. The van der Waals surface area contributed by atoms with Crippen LogP contribution in [0.1, 0.15) is 44.6 Å². The van der Waals surface area contributed by atoms with Crippen molar-refractivity contribution in [3.8, 4) is 0 Å². The van der Waals surface area contributed by atoms with Crippen molar-refractivity contribution >= 4 is 5.97 Å². The van der Waals surface area contributed by atoms with E-state index in [1.807, 2.05) is 37.3 Å². The summed E-state index contributed by atoms with van der Waals surface area (Å²) >= 11 is 0. The number of rotatable bonds is 5. The number of hydrogen-bond acceptors (Lipinski definition) is 2. The van der Waals surface area contributed by atoms with E-state index in [9.17, 15) is 9.90 Å². The minimum atomic E-state index is -0.934. The van der Waals surface area contributed by atoms with Crippen molar-refractivity contribution in [3.05, 3.63) is 35.9 Å². The van der Waals surface area contributed by atoms with Gasteiger partial charge in [-0.1, -0.05) is 50.1 Å². The van der Waals surface area contributed by atoms with Crippen molar-refractivity contribution in [1.82, 2.24) is 5.32 Å². The topological polar surface area (TPSA) is 49.3 Å². The van der Waals surface area contributed by atoms with Crippen molar-refractivity contribution < 1.29 is 9.90 Å². The molecule has 98 valence electrons. The third-order valence-electron chi connectivity index (χ3n) is 3.97. The molecule has 1 fully saturated rings. The van der Waals surface area contributed by atoms with Crippen LogP contribution in [0.3, 0.4) is 0 Å². The van der Waals surface area contributed by atoms with E-state index >= 15 is 0 Å². The highest BCUT2D eigenvalue weighted by Gasteiger charge is 2.40. The van der Waals surface area contributed by atoms with Crippen LogP contribution in [-0.4, -0.2) is 17.1 Å². The van der Waals surface area contributed by atoms with Crippen LogP contribution in [0.5, 0.6) is 0 Å². The summed E-state index contributed by atoms with van der Waals surface area (Å²) in [6.45, 7) is 1.93. The first-order valence-corrected chi connectivity index (χ1v) is 6.75. The van der Waals surface area contributed by atoms with Crippen LogP contribution in [0, 0.1) is 0 Å². The third-order valence-corrected chi connectivity index (χ3v) is 3.97. The summed E-state index contributed by atoms with van der Waals surface area (Å²) in [5, 5.41) is 13.1. The minimum absolute atomic E-state index is 0.334. The van der Waals surface area contributed by atoms with Gasteiger partial charge >= 0.3 is 5.97 Å². The number of carboxylic acid groups (broad SMARTS) is 1. The number of nitrogens with one attached hydrogen (secondary N) is 1. The van der Waals surface area contributed by atoms with E-state index in [0.717, 1.165) is 18.4 Å². The maximum atomic E-state index is 11.8. The van der Waals surface area contributed by atoms with Gasteiger partial charge in [0, 0.05) is 6.04 Å². The van der Waals surface area contributed by atoms with Gasteiger partial charge in [0.15, 0.2) is 0 Å². The summed E-state index contributed by atoms with van der Waals surface area (Å²) in [6, 6.07) is 9.86. The zero-order valence-corrected chi connectivity index (χ0v) is 10.9. The van der Waals surface area contributed by atoms with Gasteiger partial charge in [0.1, 0.15) is 5.54 Å². The van der Waals surface area contributed by atoms with Gasteiger partial charge in [-0.25, -0.2) is 4.79 Å². The van der Waals surface area contributed by atoms with Crippen LogP contribution in [-0.2, 0) is 10.3 Å². The highest BCUT2D eigenvalue weighted by Crippen LogP contribution is 2.29. The quantitative estimate of drug-likeness (QED) is 0.841. The first-order valence-electron chi connectivity index (χ1n) is 6.75. The van der Waals surface area contributed by atoms with Gasteiger partial charge in [-0.05, 0) is 24.8 Å². The largest absolute Gasteiger partial charge is 0.480 e. The molecule has 1 unspecified atom stereocenters. The van der Waals surface area contributed by atoms with Crippen molar-refractivity contribution in [2.45, 2.75) is 50.6 Å². The average molecular weight is 247 g/mol. The van der Waals surface area contributed by atoms with Gasteiger partial charge in [-0.15, -0.1) is 0 Å². The molecule has 1 aromatic carbocycles. The molecule has 0 aliphatic heterocycles. The van der Waals surface area contributed by atoms with Gasteiger partial charge in [0.2, 0.25) is 0 Å². The molecule has 0 amide bonds. The summed E-state index contributed by atoms with van der Waals surface area (Å²) in [5.74, 6) is -0.775. The maximum absolute atomic E-state index is 11.8. The summed E-state index contributed by atoms with van der Waals surface area (Å²) in [4.78, 5) is 11.8. The lowest BCUT2D eigenvalue weighted by Gasteiger charge is -2.33. The molecule has 0 saturated heterocycles. The Bertz CT molecular complexity index is 398. The van der Waals surface area contributed by atoms with Gasteiger partial charge in [0.05, 0.1) is 0 Å². The molecule has 0 bridgehead atoms. The number of carboxylic acids is 1. The molecule has 1 aliphatic carbocycles. The molecule has 0 radical (unpaired) electrons. The lowest BCUT2D eigenvalue weighted by atomic mass is 9.86. The Morgan fingerprint density at radius 2 is 1.94 bits per heavy atom. The van der Waals surface area contributed by atoms with Crippen molar-refractivity contribution in [1.29, 1.82) is 0 Å². The lowest BCUT2D eigenvalue weighted by molar-refractivity contribution is -0.146. The molecule has 18 heavy (non-hydrogen) atoms. The van der Waals surface area contributed by atoms with Crippen LogP contribution < -0.4 is 5.32 Å². The zero-order valence-electron chi connectivity index (χ0n) is 10.9. The monoisotopic (exact) mass is 247 g/mol. The van der Waals surface area contributed by atoms with E-state index in [4.69, 9.17) is 0 Å². The highest BCUT2D eigenvalue weighted by atomic mass is 16.4. The van der Waals surface area contributed by atoms with Gasteiger partial charge < -0.3 is 5.11 Å². The standard InChI is InChI=1S/C15H21NO2/c1-2-15(14(17)18,12-8-4-3-5-9-12)16-13-10-6-7-11-13/h3-5,8-9,13,16H,2,6-7,10-11H2,1H3,(H,17,18). The van der Waals surface area contributed by atoms with E-state index in [-0.39, 0.29) is 0 Å². The second-order valence-electron chi connectivity index (χ2n) is 5.06. The molecule has 1 aliphatic rings. The van der Waals surface area contributed by atoms with Crippen LogP contribution in [0.25, 0.3) is 0 Å². The Labute approximate surface area is 108 Å². The Hall–Kier alpha value is -1.35. The first-order chi connectivity index (χ1) is 8.69. The van der Waals surface area contributed by atoms with E-state index in [1.165, 1.54) is 12.8 Å². The fraction of sp³-hybridized carbons (Fsp3) is 0.533. The van der Waals surface area contributed by atoms with Gasteiger partial charge in [-0.2, -0.15) is 0 Å². The zero-order chi connectivity index (χ0) is 13.0. The van der Waals surface area contributed by atoms with Crippen LogP contribution in [0.2, 0.25) is 0 Å². The fourth-order valence-electron chi connectivity index (χ4n) is 2.87. The van der Waals surface area contributed by atoms with Crippen molar-refractivity contribution in [2.24, 2.45) is 0 Å². The maximum Gasteiger partial charge on any atom is 0.328 e. The number of aliphatic carboxylic acids is 1. The summed E-state index contributed by atoms with van der Waals surface area (Å²) < 4.78 is 0. The fourth-order valence-corrected chi connectivity index (χ4v) is 2.87. The molecule has 1 aromatic rings. The highest BCUT2D eigenvalue weighted by molar-refractivity contribution is 5.80. The Kier molecular flexibility index (Phi) is 4.02. The van der Waals surface area contributed by atoms with Crippen LogP contribution in [0.15, 0.2) is 30.3 Å². The van der Waals surface area contributed by atoms with Crippen LogP contribution >= 0.6 is 0 Å². The molecular formula is C15H21NO2. The number of carbonyl (C=O) groups is 1. The smallest absolute Gasteiger partial charge is 0.328 e. The normalized spacial score (nSPS) is 19.6. The van der Waals surface area contributed by atoms with E-state index in [0.29, 0.717) is 12.5 Å². The average Bonchev–Trinajstić information content (AvgIpc) is 2.89. The second kappa shape index (κ2) is 5.53. The predicted octanol–water partition coefficient (Wildman–Crippen LogP) is 2.91. The Balaban J connectivity index is 2.30. The molecule has 3 heteroatoms. The van der Waals surface area contributed by atoms with Crippen molar-refractivity contribution in [3.63, 3.8) is 0 Å². The third kappa shape index (κ3) is 2.41. The molecule has 0 heterocycles. The second-order valence-corrected chi connectivity index (χ2v) is 5.06.